The van der Waals surface area contributed by atoms with Crippen molar-refractivity contribution in [2.24, 2.45) is 0 Å². The number of thioether (sulfide) groups is 1. The zero-order valence-electron chi connectivity index (χ0n) is 15.8. The number of carbonyl (C=O) groups is 1. The minimum absolute atomic E-state index is 0.0955. The summed E-state index contributed by atoms with van der Waals surface area (Å²) in [5.74, 6) is -0.271. The minimum atomic E-state index is -0.719. The van der Waals surface area contributed by atoms with Gasteiger partial charge in [-0.25, -0.2) is 13.6 Å². The van der Waals surface area contributed by atoms with Gasteiger partial charge in [0.25, 0.3) is 0 Å². The SMILES string of the molecule is O=C1CCCN(c2nc(=O)n3c4c(c(-c5ccc(F)cc5F)c(Cl)cc24)SCC3)C1. The van der Waals surface area contributed by atoms with E-state index >= 15 is 0 Å². The highest BCUT2D eigenvalue weighted by Crippen LogP contribution is 2.46. The molecule has 1 fully saturated rings. The van der Waals surface area contributed by atoms with Gasteiger partial charge in [-0.1, -0.05) is 11.6 Å². The smallest absolute Gasteiger partial charge is 0.349 e. The number of aromatic nitrogens is 2. The third-order valence-corrected chi connectivity index (χ3v) is 6.83. The molecule has 0 radical (unpaired) electrons. The van der Waals surface area contributed by atoms with E-state index in [1.54, 1.807) is 10.6 Å². The zero-order valence-corrected chi connectivity index (χ0v) is 17.3. The van der Waals surface area contributed by atoms with E-state index in [1.807, 2.05) is 4.90 Å². The van der Waals surface area contributed by atoms with Crippen molar-refractivity contribution < 1.29 is 13.6 Å². The summed E-state index contributed by atoms with van der Waals surface area (Å²) in [6, 6.07) is 5.03. The van der Waals surface area contributed by atoms with Crippen LogP contribution in [0.5, 0.6) is 0 Å². The molecule has 3 heterocycles. The minimum Gasteiger partial charge on any atom is -0.349 e. The summed E-state index contributed by atoms with van der Waals surface area (Å²) in [5.41, 5.74) is 0.830. The largest absolute Gasteiger partial charge is 0.350 e. The van der Waals surface area contributed by atoms with Crippen LogP contribution in [0, 0.1) is 11.6 Å². The maximum Gasteiger partial charge on any atom is 0.350 e. The lowest BCUT2D eigenvalue weighted by Crippen LogP contribution is -2.38. The van der Waals surface area contributed by atoms with Crippen LogP contribution in [0.3, 0.4) is 0 Å². The van der Waals surface area contributed by atoms with Gasteiger partial charge in [-0.05, 0) is 24.6 Å². The van der Waals surface area contributed by atoms with Crippen LogP contribution < -0.4 is 10.6 Å². The first-order valence-electron chi connectivity index (χ1n) is 9.56. The number of anilines is 1. The van der Waals surface area contributed by atoms with Gasteiger partial charge in [-0.15, -0.1) is 11.8 Å². The van der Waals surface area contributed by atoms with E-state index in [0.717, 1.165) is 6.07 Å². The monoisotopic (exact) mass is 447 g/mol. The number of Topliss-reactive ketones (excluding diaryl/α,β-unsaturated/α-hetero) is 1. The Morgan fingerprint density at radius 1 is 1.13 bits per heavy atom. The highest BCUT2D eigenvalue weighted by molar-refractivity contribution is 7.99. The standard InChI is InChI=1S/C21H16ClF2N3O2S/c22-15-9-14-18-19(17(15)13-4-3-11(23)8-16(13)24)30-7-6-27(18)21(29)25-20(14)26-5-1-2-12(28)10-26/h3-4,8-9H,1-2,5-7,10H2. The van der Waals surface area contributed by atoms with Gasteiger partial charge in [-0.3, -0.25) is 9.36 Å². The van der Waals surface area contributed by atoms with E-state index in [2.05, 4.69) is 4.98 Å². The molecule has 1 aromatic heterocycles. The number of rotatable bonds is 2. The molecule has 9 heteroatoms. The lowest BCUT2D eigenvalue weighted by Gasteiger charge is -2.30. The molecule has 5 rings (SSSR count). The van der Waals surface area contributed by atoms with Crippen LogP contribution in [-0.2, 0) is 11.3 Å². The number of nitrogens with zero attached hydrogens (tertiary/aromatic N) is 3. The molecule has 0 aliphatic carbocycles. The quantitative estimate of drug-likeness (QED) is 0.587. The molecule has 0 atom stereocenters. The Bertz CT molecular complexity index is 1280. The predicted octanol–water partition coefficient (Wildman–Crippen LogP) is 4.27. The fraction of sp³-hybridized carbons (Fsp3) is 0.286. The van der Waals surface area contributed by atoms with Crippen LogP contribution in [0.4, 0.5) is 14.6 Å². The second kappa shape index (κ2) is 7.35. The van der Waals surface area contributed by atoms with Crippen LogP contribution in [0.1, 0.15) is 12.8 Å². The van der Waals surface area contributed by atoms with Gasteiger partial charge in [0.15, 0.2) is 5.78 Å². The molecule has 0 spiro atoms. The first-order valence-corrected chi connectivity index (χ1v) is 10.9. The summed E-state index contributed by atoms with van der Waals surface area (Å²) < 4.78 is 29.6. The Labute approximate surface area is 179 Å². The molecule has 5 nitrogen and oxygen atoms in total. The Hall–Kier alpha value is -2.45. The summed E-state index contributed by atoms with van der Waals surface area (Å²) in [4.78, 5) is 31.5. The first kappa shape index (κ1) is 19.5. The van der Waals surface area contributed by atoms with Gasteiger partial charge in [-0.2, -0.15) is 4.98 Å². The van der Waals surface area contributed by atoms with Crippen molar-refractivity contribution in [3.8, 4) is 11.1 Å². The average molecular weight is 448 g/mol. The van der Waals surface area contributed by atoms with Crippen molar-refractivity contribution >= 4 is 45.9 Å². The maximum absolute atomic E-state index is 14.6. The normalized spacial score (nSPS) is 16.4. The van der Waals surface area contributed by atoms with Gasteiger partial charge >= 0.3 is 5.69 Å². The van der Waals surface area contributed by atoms with Crippen LogP contribution in [0.15, 0.2) is 34.0 Å². The summed E-state index contributed by atoms with van der Waals surface area (Å²) in [6.07, 6.45) is 1.21. The summed E-state index contributed by atoms with van der Waals surface area (Å²) in [7, 11) is 0. The van der Waals surface area contributed by atoms with Crippen molar-refractivity contribution in [1.29, 1.82) is 0 Å². The third kappa shape index (κ3) is 3.09. The number of carbonyl (C=O) groups excluding carboxylic acids is 1. The van der Waals surface area contributed by atoms with E-state index in [0.29, 0.717) is 58.9 Å². The van der Waals surface area contributed by atoms with Crippen molar-refractivity contribution in [3.63, 3.8) is 0 Å². The first-order chi connectivity index (χ1) is 14.4. The summed E-state index contributed by atoms with van der Waals surface area (Å²) in [5, 5.41) is 0.941. The van der Waals surface area contributed by atoms with Crippen molar-refractivity contribution in [3.05, 3.63) is 51.4 Å². The average Bonchev–Trinajstić information content (AvgIpc) is 2.71. The van der Waals surface area contributed by atoms with Crippen LogP contribution in [-0.4, -0.2) is 34.2 Å². The second-order valence-electron chi connectivity index (χ2n) is 7.36. The van der Waals surface area contributed by atoms with Gasteiger partial charge in [0.05, 0.1) is 17.1 Å². The fourth-order valence-electron chi connectivity index (χ4n) is 4.15. The van der Waals surface area contributed by atoms with E-state index < -0.39 is 17.3 Å². The number of hydrogen-bond donors (Lipinski definition) is 0. The Balaban J connectivity index is 1.82. The van der Waals surface area contributed by atoms with Crippen molar-refractivity contribution in [2.45, 2.75) is 24.3 Å². The van der Waals surface area contributed by atoms with E-state index in [9.17, 15) is 18.4 Å². The number of piperidine rings is 1. The fourth-order valence-corrected chi connectivity index (χ4v) is 5.71. The Morgan fingerprint density at radius 3 is 2.73 bits per heavy atom. The maximum atomic E-state index is 14.6. The van der Waals surface area contributed by atoms with Crippen molar-refractivity contribution in [1.82, 2.24) is 9.55 Å². The molecule has 30 heavy (non-hydrogen) atoms. The molecule has 3 aromatic rings. The number of benzene rings is 2. The second-order valence-corrected chi connectivity index (χ2v) is 8.88. The number of halogens is 3. The number of aryl methyl sites for hydroxylation is 1. The van der Waals surface area contributed by atoms with Gasteiger partial charge in [0.1, 0.15) is 17.5 Å². The number of ketones is 1. The van der Waals surface area contributed by atoms with Crippen LogP contribution >= 0.6 is 23.4 Å². The molecule has 0 saturated carbocycles. The van der Waals surface area contributed by atoms with Crippen molar-refractivity contribution in [2.75, 3.05) is 23.7 Å². The van der Waals surface area contributed by atoms with Crippen LogP contribution in [0.25, 0.3) is 22.0 Å². The van der Waals surface area contributed by atoms with Gasteiger partial charge < -0.3 is 4.90 Å². The highest BCUT2D eigenvalue weighted by atomic mass is 35.5. The molecule has 154 valence electrons. The van der Waals surface area contributed by atoms with Gasteiger partial charge in [0, 0.05) is 52.7 Å². The summed E-state index contributed by atoms with van der Waals surface area (Å²) >= 11 is 8.09. The summed E-state index contributed by atoms with van der Waals surface area (Å²) in [6.45, 7) is 1.28. The molecule has 1 saturated heterocycles. The molecule has 2 aliphatic rings. The number of hydrogen-bond acceptors (Lipinski definition) is 5. The lowest BCUT2D eigenvalue weighted by atomic mass is 10.0. The molecule has 2 aromatic carbocycles. The van der Waals surface area contributed by atoms with Crippen LogP contribution in [0.2, 0.25) is 5.02 Å². The van der Waals surface area contributed by atoms with E-state index in [-0.39, 0.29) is 22.9 Å². The topological polar surface area (TPSA) is 55.2 Å². The molecular formula is C21H16ClF2N3O2S. The van der Waals surface area contributed by atoms with Gasteiger partial charge in [0.2, 0.25) is 0 Å². The molecule has 0 amide bonds. The van der Waals surface area contributed by atoms with E-state index in [1.165, 1.54) is 23.9 Å². The lowest BCUT2D eigenvalue weighted by molar-refractivity contribution is -0.118. The molecule has 0 bridgehead atoms. The molecule has 0 N–H and O–H groups in total. The van der Waals surface area contributed by atoms with E-state index in [4.69, 9.17) is 11.6 Å². The Morgan fingerprint density at radius 2 is 1.97 bits per heavy atom. The Kier molecular flexibility index (Phi) is 4.78. The molecule has 2 aliphatic heterocycles. The highest BCUT2D eigenvalue weighted by Gasteiger charge is 2.28. The molecular weight excluding hydrogens is 432 g/mol. The predicted molar refractivity (Wildman–Crippen MR) is 114 cm³/mol. The zero-order chi connectivity index (χ0) is 21.0. The molecule has 0 unspecified atom stereocenters. The third-order valence-electron chi connectivity index (χ3n) is 5.46.